The molecule has 3 atom stereocenters. The van der Waals surface area contributed by atoms with Gasteiger partial charge in [-0.3, -0.25) is 0 Å². The van der Waals surface area contributed by atoms with Gasteiger partial charge >= 0.3 is 0 Å². The first-order chi connectivity index (χ1) is 12.0. The summed E-state index contributed by atoms with van der Waals surface area (Å²) < 4.78 is 5.76. The average Bonchev–Trinajstić information content (AvgIpc) is 3.07. The molecule has 0 aromatic heterocycles. The number of aliphatic hydroxyl groups is 1. The zero-order valence-corrected chi connectivity index (χ0v) is 17.9. The van der Waals surface area contributed by atoms with Gasteiger partial charge in [0, 0.05) is 16.4 Å². The third kappa shape index (κ3) is 2.55. The zero-order valence-electron chi connectivity index (χ0n) is 17.9. The highest BCUT2D eigenvalue weighted by Gasteiger charge is 2.69. The molecule has 2 heteroatoms. The second kappa shape index (κ2) is 6.26. The number of unbranched alkanes of at least 4 members (excludes halogenated alkanes) is 1. The number of benzene rings is 1. The molecule has 2 nitrogen and oxygen atoms in total. The highest BCUT2D eigenvalue weighted by atomic mass is 16.5. The van der Waals surface area contributed by atoms with Crippen molar-refractivity contribution in [3.8, 4) is 5.75 Å². The molecule has 3 rings (SSSR count). The van der Waals surface area contributed by atoms with E-state index in [1.54, 1.807) is 7.11 Å². The molecule has 2 aliphatic rings. The van der Waals surface area contributed by atoms with Gasteiger partial charge in [-0.25, -0.2) is 0 Å². The maximum atomic E-state index is 12.2. The maximum Gasteiger partial charge on any atom is 0.125 e. The van der Waals surface area contributed by atoms with Crippen LogP contribution < -0.4 is 4.74 Å². The van der Waals surface area contributed by atoms with Crippen LogP contribution in [0, 0.1) is 16.7 Å². The van der Waals surface area contributed by atoms with E-state index in [2.05, 4.69) is 59.7 Å². The van der Waals surface area contributed by atoms with Crippen LogP contribution in [-0.4, -0.2) is 12.2 Å². The summed E-state index contributed by atoms with van der Waals surface area (Å²) >= 11 is 0. The second-order valence-corrected chi connectivity index (χ2v) is 10.3. The summed E-state index contributed by atoms with van der Waals surface area (Å²) in [5, 5.41) is 12.2. The standard InChI is InChI=1S/C24H38O2/c1-8-9-13-21(2,3)17-10-11-20(26-7)19(15-17)24(25)22(4,5)18-12-14-23(24,6)16-18/h10-11,15,18,25H,8-9,12-14,16H2,1-7H3/t18?,23?,24-/m1/s1. The fourth-order valence-electron chi connectivity index (χ4n) is 6.11. The lowest BCUT2D eigenvalue weighted by Gasteiger charge is -2.51. The van der Waals surface area contributed by atoms with Gasteiger partial charge in [-0.15, -0.1) is 0 Å². The largest absolute Gasteiger partial charge is 0.496 e. The fraction of sp³-hybridized carbons (Fsp3) is 0.750. The van der Waals surface area contributed by atoms with E-state index >= 15 is 0 Å². The lowest BCUT2D eigenvalue weighted by atomic mass is 9.57. The lowest BCUT2D eigenvalue weighted by molar-refractivity contribution is -0.151. The summed E-state index contributed by atoms with van der Waals surface area (Å²) in [6.45, 7) is 13.7. The van der Waals surface area contributed by atoms with Crippen LogP contribution in [-0.2, 0) is 11.0 Å². The van der Waals surface area contributed by atoms with Gasteiger partial charge in [0.1, 0.15) is 11.4 Å². The summed E-state index contributed by atoms with van der Waals surface area (Å²) in [5.74, 6) is 1.42. The van der Waals surface area contributed by atoms with E-state index in [0.29, 0.717) is 5.92 Å². The fourth-order valence-corrected chi connectivity index (χ4v) is 6.11. The van der Waals surface area contributed by atoms with Gasteiger partial charge in [0.15, 0.2) is 0 Å². The minimum absolute atomic E-state index is 0.0688. The van der Waals surface area contributed by atoms with Gasteiger partial charge in [-0.2, -0.15) is 0 Å². The number of hydrogen-bond donors (Lipinski definition) is 1. The van der Waals surface area contributed by atoms with Gasteiger partial charge < -0.3 is 9.84 Å². The Balaban J connectivity index is 2.13. The van der Waals surface area contributed by atoms with Gasteiger partial charge in [0.05, 0.1) is 7.11 Å². The molecule has 2 saturated carbocycles. The van der Waals surface area contributed by atoms with E-state index in [9.17, 15) is 5.11 Å². The van der Waals surface area contributed by atoms with Crippen molar-refractivity contribution in [2.24, 2.45) is 16.7 Å². The molecule has 2 bridgehead atoms. The van der Waals surface area contributed by atoms with Gasteiger partial charge in [0.2, 0.25) is 0 Å². The van der Waals surface area contributed by atoms with E-state index in [0.717, 1.165) is 30.6 Å². The van der Waals surface area contributed by atoms with Gasteiger partial charge in [-0.1, -0.05) is 60.5 Å². The van der Waals surface area contributed by atoms with Crippen LogP contribution in [0.3, 0.4) is 0 Å². The SMILES string of the molecule is CCCCC(C)(C)c1ccc(OC)c([C@]2(O)C3(C)CCC(C3)C2(C)C)c1. The lowest BCUT2D eigenvalue weighted by Crippen LogP contribution is -2.51. The van der Waals surface area contributed by atoms with Crippen molar-refractivity contribution in [2.75, 3.05) is 7.11 Å². The Morgan fingerprint density at radius 1 is 1.23 bits per heavy atom. The first-order valence-electron chi connectivity index (χ1n) is 10.4. The molecule has 0 saturated heterocycles. The zero-order chi connectivity index (χ0) is 19.4. The highest BCUT2D eigenvalue weighted by Crippen LogP contribution is 2.72. The van der Waals surface area contributed by atoms with Crippen molar-refractivity contribution < 1.29 is 9.84 Å². The normalized spacial score (nSPS) is 32.8. The summed E-state index contributed by atoms with van der Waals surface area (Å²) in [7, 11) is 1.73. The van der Waals surface area contributed by atoms with Gasteiger partial charge in [0.25, 0.3) is 0 Å². The van der Waals surface area contributed by atoms with Crippen molar-refractivity contribution in [3.63, 3.8) is 0 Å². The minimum Gasteiger partial charge on any atom is -0.496 e. The van der Waals surface area contributed by atoms with Crippen LogP contribution in [0.2, 0.25) is 0 Å². The number of hydrogen-bond acceptors (Lipinski definition) is 2. The van der Waals surface area contributed by atoms with Crippen LogP contribution in [0.25, 0.3) is 0 Å². The van der Waals surface area contributed by atoms with E-state index in [-0.39, 0.29) is 16.2 Å². The Morgan fingerprint density at radius 2 is 1.92 bits per heavy atom. The van der Waals surface area contributed by atoms with Crippen LogP contribution in [0.4, 0.5) is 0 Å². The molecule has 1 aromatic rings. The molecular weight excluding hydrogens is 320 g/mol. The number of rotatable bonds is 6. The Bertz CT molecular complexity index is 668. The van der Waals surface area contributed by atoms with Crippen LogP contribution in [0.5, 0.6) is 5.75 Å². The number of methoxy groups -OCH3 is 1. The topological polar surface area (TPSA) is 29.5 Å². The third-order valence-corrected chi connectivity index (χ3v) is 8.09. The summed E-state index contributed by atoms with van der Waals surface area (Å²) in [6.07, 6.45) is 7.05. The Kier molecular flexibility index (Phi) is 4.75. The number of fused-ring (bicyclic) bond motifs is 2. The van der Waals surface area contributed by atoms with E-state index in [1.807, 2.05) is 0 Å². The molecule has 1 N–H and O–H groups in total. The third-order valence-electron chi connectivity index (χ3n) is 8.09. The maximum absolute atomic E-state index is 12.2. The molecule has 0 amide bonds. The molecule has 0 heterocycles. The first kappa shape index (κ1) is 19.7. The monoisotopic (exact) mass is 358 g/mol. The first-order valence-corrected chi connectivity index (χ1v) is 10.4. The molecule has 2 unspecified atom stereocenters. The van der Waals surface area contributed by atoms with Crippen molar-refractivity contribution in [3.05, 3.63) is 29.3 Å². The summed E-state index contributed by atoms with van der Waals surface area (Å²) in [4.78, 5) is 0. The minimum atomic E-state index is -0.842. The van der Waals surface area contributed by atoms with E-state index < -0.39 is 5.60 Å². The molecular formula is C24H38O2. The highest BCUT2D eigenvalue weighted by molar-refractivity contribution is 5.47. The Morgan fingerprint density at radius 3 is 2.46 bits per heavy atom. The quantitative estimate of drug-likeness (QED) is 0.656. The predicted octanol–water partition coefficient (Wildman–Crippen LogP) is 6.20. The molecule has 2 fully saturated rings. The van der Waals surface area contributed by atoms with Crippen molar-refractivity contribution >= 4 is 0 Å². The number of ether oxygens (including phenoxy) is 1. The van der Waals surface area contributed by atoms with E-state index in [4.69, 9.17) is 4.74 Å². The van der Waals surface area contributed by atoms with Gasteiger partial charge in [-0.05, 0) is 54.7 Å². The Labute approximate surface area is 160 Å². The average molecular weight is 359 g/mol. The van der Waals surface area contributed by atoms with Crippen molar-refractivity contribution in [1.29, 1.82) is 0 Å². The van der Waals surface area contributed by atoms with Crippen molar-refractivity contribution in [1.82, 2.24) is 0 Å². The molecule has 26 heavy (non-hydrogen) atoms. The molecule has 0 spiro atoms. The summed E-state index contributed by atoms with van der Waals surface area (Å²) in [6, 6.07) is 6.55. The molecule has 0 aliphatic heterocycles. The van der Waals surface area contributed by atoms with Crippen LogP contribution in [0.15, 0.2) is 18.2 Å². The van der Waals surface area contributed by atoms with E-state index in [1.165, 1.54) is 24.8 Å². The van der Waals surface area contributed by atoms with Crippen LogP contribution in [0.1, 0.15) is 91.2 Å². The van der Waals surface area contributed by atoms with Crippen LogP contribution >= 0.6 is 0 Å². The molecule has 1 aromatic carbocycles. The van der Waals surface area contributed by atoms with Crippen molar-refractivity contribution in [2.45, 2.75) is 91.1 Å². The second-order valence-electron chi connectivity index (χ2n) is 10.3. The predicted molar refractivity (Wildman–Crippen MR) is 109 cm³/mol. The molecule has 146 valence electrons. The molecule has 2 aliphatic carbocycles. The summed E-state index contributed by atoms with van der Waals surface area (Å²) in [5.41, 5.74) is 1.38. The smallest absolute Gasteiger partial charge is 0.125 e. The molecule has 0 radical (unpaired) electrons. The Hall–Kier alpha value is -1.02.